The van der Waals surface area contributed by atoms with Gasteiger partial charge in [-0.15, -0.1) is 0 Å². The third-order valence-corrected chi connectivity index (χ3v) is 2.94. The Balaban J connectivity index is 3.37. The molecule has 0 aromatic carbocycles. The standard InChI is InChI=1S/C8H10BrClF2N2/c1-8(2,3)14-5(7(11)12)4(9)6(10)13-14/h7H,1-3H3. The van der Waals surface area contributed by atoms with E-state index in [2.05, 4.69) is 21.0 Å². The molecule has 1 rings (SSSR count). The van der Waals surface area contributed by atoms with Crippen LogP contribution in [0.25, 0.3) is 0 Å². The Kier molecular flexibility index (Phi) is 3.21. The number of hydrogen-bond acceptors (Lipinski definition) is 1. The van der Waals surface area contributed by atoms with Gasteiger partial charge < -0.3 is 0 Å². The second kappa shape index (κ2) is 3.77. The van der Waals surface area contributed by atoms with E-state index in [9.17, 15) is 8.78 Å². The van der Waals surface area contributed by atoms with Crippen molar-refractivity contribution in [2.45, 2.75) is 32.7 Å². The van der Waals surface area contributed by atoms with E-state index in [1.807, 2.05) is 0 Å². The molecule has 0 radical (unpaired) electrons. The highest BCUT2D eigenvalue weighted by Gasteiger charge is 2.28. The van der Waals surface area contributed by atoms with Gasteiger partial charge in [0.15, 0.2) is 5.15 Å². The fourth-order valence-electron chi connectivity index (χ4n) is 1.08. The summed E-state index contributed by atoms with van der Waals surface area (Å²) >= 11 is 8.67. The molecule has 0 spiro atoms. The highest BCUT2D eigenvalue weighted by atomic mass is 79.9. The molecule has 1 aromatic rings. The van der Waals surface area contributed by atoms with Crippen LogP contribution in [0.4, 0.5) is 8.78 Å². The van der Waals surface area contributed by atoms with Crippen molar-refractivity contribution in [1.82, 2.24) is 9.78 Å². The second-order valence-corrected chi connectivity index (χ2v) is 5.02. The van der Waals surface area contributed by atoms with Crippen LogP contribution in [0.15, 0.2) is 4.47 Å². The van der Waals surface area contributed by atoms with Crippen LogP contribution < -0.4 is 0 Å². The maximum absolute atomic E-state index is 12.7. The molecule has 0 amide bonds. The molecule has 80 valence electrons. The SMILES string of the molecule is CC(C)(C)n1nc(Cl)c(Br)c1C(F)F. The van der Waals surface area contributed by atoms with Crippen LogP contribution in [0.5, 0.6) is 0 Å². The van der Waals surface area contributed by atoms with Crippen LogP contribution >= 0.6 is 27.5 Å². The van der Waals surface area contributed by atoms with E-state index in [0.29, 0.717) is 0 Å². The van der Waals surface area contributed by atoms with Gasteiger partial charge in [-0.1, -0.05) is 11.6 Å². The summed E-state index contributed by atoms with van der Waals surface area (Å²) in [6, 6.07) is 0. The summed E-state index contributed by atoms with van der Waals surface area (Å²) in [5.41, 5.74) is -0.691. The van der Waals surface area contributed by atoms with E-state index in [1.54, 1.807) is 20.8 Å². The second-order valence-electron chi connectivity index (χ2n) is 3.87. The van der Waals surface area contributed by atoms with Crippen LogP contribution in [0.3, 0.4) is 0 Å². The monoisotopic (exact) mass is 286 g/mol. The molecule has 0 unspecified atom stereocenters. The smallest absolute Gasteiger partial charge is 0.256 e. The highest BCUT2D eigenvalue weighted by Crippen LogP contribution is 2.35. The van der Waals surface area contributed by atoms with Crippen LogP contribution in [-0.2, 0) is 5.54 Å². The zero-order valence-electron chi connectivity index (χ0n) is 7.98. The van der Waals surface area contributed by atoms with Gasteiger partial charge in [0, 0.05) is 0 Å². The van der Waals surface area contributed by atoms with Gasteiger partial charge >= 0.3 is 0 Å². The molecule has 2 nitrogen and oxygen atoms in total. The number of aromatic nitrogens is 2. The first-order chi connectivity index (χ1) is 6.25. The van der Waals surface area contributed by atoms with Gasteiger partial charge in [-0.25, -0.2) is 8.78 Å². The number of hydrogen-bond donors (Lipinski definition) is 0. The summed E-state index contributed by atoms with van der Waals surface area (Å²) in [6.45, 7) is 5.36. The lowest BCUT2D eigenvalue weighted by atomic mass is 10.1. The topological polar surface area (TPSA) is 17.8 Å². The van der Waals surface area contributed by atoms with Crippen molar-refractivity contribution in [1.29, 1.82) is 0 Å². The van der Waals surface area contributed by atoms with Gasteiger partial charge in [0.2, 0.25) is 0 Å². The molecule has 0 saturated heterocycles. The number of rotatable bonds is 1. The molecular weight excluding hydrogens is 277 g/mol. The zero-order valence-corrected chi connectivity index (χ0v) is 10.3. The van der Waals surface area contributed by atoms with E-state index in [-0.39, 0.29) is 15.3 Å². The van der Waals surface area contributed by atoms with E-state index < -0.39 is 12.0 Å². The molecule has 0 aliphatic heterocycles. The molecule has 0 bridgehead atoms. The maximum Gasteiger partial charge on any atom is 0.281 e. The summed E-state index contributed by atoms with van der Waals surface area (Å²) in [4.78, 5) is 0. The van der Waals surface area contributed by atoms with E-state index >= 15 is 0 Å². The first-order valence-corrected chi connectivity index (χ1v) is 5.14. The molecule has 0 fully saturated rings. The Hall–Kier alpha value is -0.160. The zero-order chi connectivity index (χ0) is 11.1. The summed E-state index contributed by atoms with van der Waals surface area (Å²) in [5.74, 6) is 0. The average molecular weight is 288 g/mol. The third-order valence-electron chi connectivity index (χ3n) is 1.66. The molecule has 0 saturated carbocycles. The Bertz CT molecular complexity index is 344. The van der Waals surface area contributed by atoms with Gasteiger partial charge in [0.05, 0.1) is 10.0 Å². The van der Waals surface area contributed by atoms with Crippen molar-refractivity contribution in [3.05, 3.63) is 15.3 Å². The molecule has 1 aromatic heterocycles. The Morgan fingerprint density at radius 2 is 1.93 bits per heavy atom. The van der Waals surface area contributed by atoms with Gasteiger partial charge in [-0.2, -0.15) is 5.10 Å². The average Bonchev–Trinajstić information content (AvgIpc) is 2.27. The maximum atomic E-state index is 12.7. The van der Waals surface area contributed by atoms with Crippen molar-refractivity contribution < 1.29 is 8.78 Å². The summed E-state index contributed by atoms with van der Waals surface area (Å²) in [6.07, 6.45) is -2.59. The predicted octanol–water partition coefficient (Wildman–Crippen LogP) is 3.99. The Morgan fingerprint density at radius 3 is 2.21 bits per heavy atom. The molecule has 0 aliphatic rings. The number of halogens is 4. The van der Waals surface area contributed by atoms with Crippen molar-refractivity contribution in [2.24, 2.45) is 0 Å². The summed E-state index contributed by atoms with van der Waals surface area (Å²) < 4.78 is 26.8. The van der Waals surface area contributed by atoms with Crippen molar-refractivity contribution >= 4 is 27.5 Å². The molecule has 1 heterocycles. The van der Waals surface area contributed by atoms with E-state index in [4.69, 9.17) is 11.6 Å². The molecule has 6 heteroatoms. The lowest BCUT2D eigenvalue weighted by molar-refractivity contribution is 0.129. The van der Waals surface area contributed by atoms with Crippen LogP contribution in [0, 0.1) is 0 Å². The number of alkyl halides is 2. The summed E-state index contributed by atoms with van der Waals surface area (Å²) in [5, 5.41) is 3.92. The van der Waals surface area contributed by atoms with Crippen molar-refractivity contribution in [3.63, 3.8) is 0 Å². The van der Waals surface area contributed by atoms with Crippen LogP contribution in [-0.4, -0.2) is 9.78 Å². The summed E-state index contributed by atoms with van der Waals surface area (Å²) in [7, 11) is 0. The Labute approximate surface area is 94.4 Å². The van der Waals surface area contributed by atoms with Crippen molar-refractivity contribution in [2.75, 3.05) is 0 Å². The minimum atomic E-state index is -2.59. The lowest BCUT2D eigenvalue weighted by Crippen LogP contribution is -2.25. The van der Waals surface area contributed by atoms with Crippen LogP contribution in [0.1, 0.15) is 32.9 Å². The normalized spacial score (nSPS) is 12.6. The predicted molar refractivity (Wildman–Crippen MR) is 54.9 cm³/mol. The molecule has 14 heavy (non-hydrogen) atoms. The van der Waals surface area contributed by atoms with Gasteiger partial charge in [-0.3, -0.25) is 4.68 Å². The largest absolute Gasteiger partial charge is 0.281 e. The molecule has 0 atom stereocenters. The fraction of sp³-hybridized carbons (Fsp3) is 0.625. The minimum absolute atomic E-state index is 0.0650. The first kappa shape index (κ1) is 11.9. The number of nitrogens with zero attached hydrogens (tertiary/aromatic N) is 2. The lowest BCUT2D eigenvalue weighted by Gasteiger charge is -2.22. The quantitative estimate of drug-likeness (QED) is 0.763. The van der Waals surface area contributed by atoms with E-state index in [0.717, 1.165) is 0 Å². The van der Waals surface area contributed by atoms with Gasteiger partial charge in [0.25, 0.3) is 6.43 Å². The van der Waals surface area contributed by atoms with Crippen molar-refractivity contribution in [3.8, 4) is 0 Å². The minimum Gasteiger partial charge on any atom is -0.256 e. The third kappa shape index (κ3) is 2.08. The molecule has 0 N–H and O–H groups in total. The first-order valence-electron chi connectivity index (χ1n) is 3.97. The van der Waals surface area contributed by atoms with Gasteiger partial charge in [-0.05, 0) is 36.7 Å². The van der Waals surface area contributed by atoms with E-state index in [1.165, 1.54) is 4.68 Å². The fourth-order valence-corrected chi connectivity index (χ4v) is 1.68. The molecular formula is C8H10BrClF2N2. The highest BCUT2D eigenvalue weighted by molar-refractivity contribution is 9.10. The Morgan fingerprint density at radius 1 is 1.43 bits per heavy atom. The van der Waals surface area contributed by atoms with Crippen LogP contribution in [0.2, 0.25) is 5.15 Å². The molecule has 0 aliphatic carbocycles. The van der Waals surface area contributed by atoms with Gasteiger partial charge in [0.1, 0.15) is 5.69 Å².